The Bertz CT molecular complexity index is 502. The predicted octanol–water partition coefficient (Wildman–Crippen LogP) is 4.14. The predicted molar refractivity (Wildman–Crippen MR) is 80.1 cm³/mol. The third-order valence-electron chi connectivity index (χ3n) is 8.73. The van der Waals surface area contributed by atoms with Gasteiger partial charge < -0.3 is 4.74 Å². The number of rotatable bonds is 0. The molecular weight excluding hydrogens is 244 g/mol. The monoisotopic (exact) mass is 272 g/mol. The van der Waals surface area contributed by atoms with Gasteiger partial charge in [0.15, 0.2) is 0 Å². The summed E-state index contributed by atoms with van der Waals surface area (Å²) in [6.07, 6.45) is 8.08. The van der Waals surface area contributed by atoms with E-state index in [4.69, 9.17) is 4.74 Å². The van der Waals surface area contributed by atoms with Gasteiger partial charge in [-0.2, -0.15) is 0 Å². The lowest BCUT2D eigenvalue weighted by Crippen LogP contribution is -2.57. The Morgan fingerprint density at radius 1 is 0.850 bits per heavy atom. The second-order valence-electron chi connectivity index (χ2n) is 9.62. The SMILES string of the molecule is CC1(C)COCC12C1CC(C3C4C=CC(C4)C31)C2(C)C. The van der Waals surface area contributed by atoms with E-state index in [1.165, 1.54) is 12.8 Å². The molecular formula is C19H28O. The van der Waals surface area contributed by atoms with Gasteiger partial charge in [0, 0.05) is 5.41 Å². The van der Waals surface area contributed by atoms with E-state index in [0.29, 0.717) is 16.2 Å². The average molecular weight is 272 g/mol. The smallest absolute Gasteiger partial charge is 0.0536 e. The van der Waals surface area contributed by atoms with Crippen LogP contribution in [0.25, 0.3) is 0 Å². The summed E-state index contributed by atoms with van der Waals surface area (Å²) in [6, 6.07) is 0. The molecule has 0 aromatic rings. The van der Waals surface area contributed by atoms with Crippen LogP contribution in [0.4, 0.5) is 0 Å². The second-order valence-corrected chi connectivity index (χ2v) is 9.62. The molecule has 1 heterocycles. The fourth-order valence-electron chi connectivity index (χ4n) is 8.19. The van der Waals surface area contributed by atoms with Crippen molar-refractivity contribution >= 4 is 0 Å². The van der Waals surface area contributed by atoms with Crippen molar-refractivity contribution in [2.75, 3.05) is 13.2 Å². The maximum Gasteiger partial charge on any atom is 0.0536 e. The van der Waals surface area contributed by atoms with Crippen molar-refractivity contribution in [3.8, 4) is 0 Å². The quantitative estimate of drug-likeness (QED) is 0.475. The molecule has 1 heteroatoms. The van der Waals surface area contributed by atoms with Crippen LogP contribution < -0.4 is 0 Å². The summed E-state index contributed by atoms with van der Waals surface area (Å²) in [5.41, 5.74) is 1.24. The molecule has 3 saturated carbocycles. The largest absolute Gasteiger partial charge is 0.380 e. The fraction of sp³-hybridized carbons (Fsp3) is 0.895. The van der Waals surface area contributed by atoms with E-state index in [1.807, 2.05) is 0 Å². The number of ether oxygens (including phenoxy) is 1. The minimum Gasteiger partial charge on any atom is -0.380 e. The summed E-state index contributed by atoms with van der Waals surface area (Å²) >= 11 is 0. The first-order valence-corrected chi connectivity index (χ1v) is 8.66. The molecule has 5 rings (SSSR count). The molecule has 4 aliphatic carbocycles. The van der Waals surface area contributed by atoms with E-state index < -0.39 is 0 Å². The van der Waals surface area contributed by atoms with Gasteiger partial charge in [-0.25, -0.2) is 0 Å². The third kappa shape index (κ3) is 0.988. The van der Waals surface area contributed by atoms with Crippen LogP contribution in [0.5, 0.6) is 0 Å². The van der Waals surface area contributed by atoms with E-state index in [0.717, 1.165) is 48.7 Å². The van der Waals surface area contributed by atoms with Crippen molar-refractivity contribution in [3.63, 3.8) is 0 Å². The molecule has 7 unspecified atom stereocenters. The highest BCUT2D eigenvalue weighted by atomic mass is 16.5. The highest BCUT2D eigenvalue weighted by Gasteiger charge is 2.77. The molecule has 5 aliphatic rings. The molecule has 110 valence electrons. The summed E-state index contributed by atoms with van der Waals surface area (Å²) in [5.74, 6) is 5.69. The summed E-state index contributed by atoms with van der Waals surface area (Å²) < 4.78 is 6.10. The molecule has 1 saturated heterocycles. The van der Waals surface area contributed by atoms with Crippen LogP contribution in [0.15, 0.2) is 12.2 Å². The number of fused-ring (bicyclic) bond motifs is 10. The Labute approximate surface area is 123 Å². The van der Waals surface area contributed by atoms with Crippen LogP contribution in [0, 0.1) is 51.8 Å². The number of hydrogen-bond donors (Lipinski definition) is 0. The molecule has 0 aromatic carbocycles. The minimum absolute atomic E-state index is 0.354. The van der Waals surface area contributed by atoms with Gasteiger partial charge in [-0.05, 0) is 59.2 Å². The zero-order valence-electron chi connectivity index (χ0n) is 13.4. The van der Waals surface area contributed by atoms with Crippen LogP contribution in [-0.2, 0) is 4.74 Å². The lowest BCUT2D eigenvalue weighted by atomic mass is 9.45. The van der Waals surface area contributed by atoms with Crippen LogP contribution in [0.3, 0.4) is 0 Å². The average Bonchev–Trinajstić information content (AvgIpc) is 3.06. The lowest BCUT2D eigenvalue weighted by molar-refractivity contribution is -0.111. The Kier molecular flexibility index (Phi) is 1.97. The number of allylic oxidation sites excluding steroid dienone is 2. The first kappa shape index (κ1) is 12.3. The van der Waals surface area contributed by atoms with Gasteiger partial charge in [0.1, 0.15) is 0 Å². The van der Waals surface area contributed by atoms with Crippen molar-refractivity contribution in [3.05, 3.63) is 12.2 Å². The van der Waals surface area contributed by atoms with Gasteiger partial charge in [0.2, 0.25) is 0 Å². The minimum atomic E-state index is 0.354. The first-order valence-electron chi connectivity index (χ1n) is 8.66. The Morgan fingerprint density at radius 2 is 1.50 bits per heavy atom. The summed E-state index contributed by atoms with van der Waals surface area (Å²) in [7, 11) is 0. The van der Waals surface area contributed by atoms with Crippen LogP contribution in [0.2, 0.25) is 0 Å². The molecule has 4 fully saturated rings. The van der Waals surface area contributed by atoms with Crippen molar-refractivity contribution in [2.45, 2.75) is 40.5 Å². The van der Waals surface area contributed by atoms with E-state index in [1.54, 1.807) is 0 Å². The second kappa shape index (κ2) is 3.21. The molecule has 0 radical (unpaired) electrons. The summed E-state index contributed by atoms with van der Waals surface area (Å²) in [4.78, 5) is 0. The van der Waals surface area contributed by atoms with Crippen LogP contribution in [-0.4, -0.2) is 13.2 Å². The van der Waals surface area contributed by atoms with Crippen molar-refractivity contribution < 1.29 is 4.74 Å². The standard InChI is InChI=1S/C19H28O/c1-17(2)9-20-10-19(17)14-8-13(18(19,3)4)15-11-5-6-12(7-11)16(14)15/h5-6,11-16H,7-10H2,1-4H3. The summed E-state index contributed by atoms with van der Waals surface area (Å²) in [5, 5.41) is 0. The molecule has 20 heavy (non-hydrogen) atoms. The third-order valence-corrected chi connectivity index (χ3v) is 8.73. The topological polar surface area (TPSA) is 9.23 Å². The van der Waals surface area contributed by atoms with Gasteiger partial charge in [0.25, 0.3) is 0 Å². The van der Waals surface area contributed by atoms with E-state index in [2.05, 4.69) is 39.8 Å². The van der Waals surface area contributed by atoms with Gasteiger partial charge in [0.05, 0.1) is 13.2 Å². The Hall–Kier alpha value is -0.300. The molecule has 7 atom stereocenters. The lowest BCUT2D eigenvalue weighted by Gasteiger charge is -2.58. The number of hydrogen-bond acceptors (Lipinski definition) is 1. The van der Waals surface area contributed by atoms with Crippen LogP contribution in [0.1, 0.15) is 40.5 Å². The highest BCUT2D eigenvalue weighted by molar-refractivity contribution is 5.28. The van der Waals surface area contributed by atoms with Crippen molar-refractivity contribution in [1.29, 1.82) is 0 Å². The first-order chi connectivity index (χ1) is 9.40. The highest BCUT2D eigenvalue weighted by Crippen LogP contribution is 2.80. The Balaban J connectivity index is 1.68. The van der Waals surface area contributed by atoms with E-state index in [-0.39, 0.29) is 0 Å². The van der Waals surface area contributed by atoms with Gasteiger partial charge in [-0.1, -0.05) is 39.8 Å². The van der Waals surface area contributed by atoms with Crippen molar-refractivity contribution in [1.82, 2.24) is 0 Å². The maximum atomic E-state index is 6.10. The van der Waals surface area contributed by atoms with Gasteiger partial charge >= 0.3 is 0 Å². The fourth-order valence-corrected chi connectivity index (χ4v) is 8.19. The van der Waals surface area contributed by atoms with Gasteiger partial charge in [-0.3, -0.25) is 0 Å². The molecule has 0 amide bonds. The summed E-state index contributed by atoms with van der Waals surface area (Å²) in [6.45, 7) is 12.1. The van der Waals surface area contributed by atoms with Crippen molar-refractivity contribution in [2.24, 2.45) is 51.8 Å². The van der Waals surface area contributed by atoms with E-state index in [9.17, 15) is 0 Å². The van der Waals surface area contributed by atoms with E-state index >= 15 is 0 Å². The molecule has 4 bridgehead atoms. The molecule has 1 spiro atoms. The molecule has 1 nitrogen and oxygen atoms in total. The molecule has 0 aromatic heterocycles. The zero-order chi connectivity index (χ0) is 13.9. The maximum absolute atomic E-state index is 6.10. The van der Waals surface area contributed by atoms with Gasteiger partial charge in [-0.15, -0.1) is 0 Å². The molecule has 1 aliphatic heterocycles. The zero-order valence-corrected chi connectivity index (χ0v) is 13.4. The van der Waals surface area contributed by atoms with Crippen LogP contribution >= 0.6 is 0 Å². The molecule has 0 N–H and O–H groups in total. The Morgan fingerprint density at radius 3 is 2.10 bits per heavy atom. The normalized spacial score (nSPS) is 59.8.